The maximum atomic E-state index is 13.1. The molecule has 4 aromatic rings. The molecular weight excluding hydrogens is 426 g/mol. The second-order valence-corrected chi connectivity index (χ2v) is 8.75. The zero-order valence-corrected chi connectivity index (χ0v) is 20.0. The second-order valence-electron chi connectivity index (χ2n) is 8.75. The zero-order valence-electron chi connectivity index (χ0n) is 20.0. The molecule has 35 heavy (non-hydrogen) atoms. The molecule has 5 rings (SSSR count). The Labute approximate surface area is 207 Å². The molecule has 0 unspecified atom stereocenters. The smallest absolute Gasteiger partial charge is 0.246 e. The molecule has 0 radical (unpaired) electrons. The van der Waals surface area contributed by atoms with Crippen molar-refractivity contribution in [2.75, 3.05) is 14.1 Å². The van der Waals surface area contributed by atoms with E-state index in [1.807, 2.05) is 24.3 Å². The molecule has 0 N–H and O–H groups in total. The number of benzene rings is 4. The molecule has 0 saturated carbocycles. The number of allylic oxidation sites excluding steroid dienone is 5. The van der Waals surface area contributed by atoms with Crippen LogP contribution in [0.25, 0.3) is 22.3 Å². The largest absolute Gasteiger partial charge is 0.345 e. The van der Waals surface area contributed by atoms with E-state index in [0.717, 1.165) is 50.1 Å². The molecule has 0 bridgehead atoms. The summed E-state index contributed by atoms with van der Waals surface area (Å²) >= 11 is 0. The van der Waals surface area contributed by atoms with Gasteiger partial charge in [-0.3, -0.25) is 4.79 Å². The SMILES string of the molecule is CN(C)C(=O)C=C1C(c2ccccc2)=C(c2ccccc2)C(c2ccccc2)=C1c1ccccc1. The number of hydrogen-bond donors (Lipinski definition) is 0. The minimum atomic E-state index is -0.0383. The average molecular weight is 454 g/mol. The minimum absolute atomic E-state index is 0.0383. The van der Waals surface area contributed by atoms with Gasteiger partial charge in [0, 0.05) is 20.2 Å². The molecule has 170 valence electrons. The molecule has 0 aliphatic heterocycles. The Bertz CT molecular complexity index is 1330. The van der Waals surface area contributed by atoms with E-state index in [0.29, 0.717) is 0 Å². The van der Waals surface area contributed by atoms with Gasteiger partial charge in [-0.15, -0.1) is 0 Å². The predicted octanol–water partition coefficient (Wildman–Crippen LogP) is 7.24. The molecule has 0 saturated heterocycles. The summed E-state index contributed by atoms with van der Waals surface area (Å²) in [6.07, 6.45) is 1.80. The van der Waals surface area contributed by atoms with Gasteiger partial charge in [0.25, 0.3) is 0 Å². The lowest BCUT2D eigenvalue weighted by Crippen LogP contribution is -2.19. The Balaban J connectivity index is 1.95. The quantitative estimate of drug-likeness (QED) is 0.292. The molecule has 2 heteroatoms. The van der Waals surface area contributed by atoms with Gasteiger partial charge in [-0.2, -0.15) is 0 Å². The van der Waals surface area contributed by atoms with E-state index < -0.39 is 0 Å². The summed E-state index contributed by atoms with van der Waals surface area (Å²) < 4.78 is 0. The van der Waals surface area contributed by atoms with Crippen molar-refractivity contribution in [3.05, 3.63) is 155 Å². The molecule has 0 spiro atoms. The van der Waals surface area contributed by atoms with Gasteiger partial charge in [0.1, 0.15) is 0 Å². The first-order chi connectivity index (χ1) is 17.1. The Hall–Kier alpha value is -4.43. The van der Waals surface area contributed by atoms with E-state index in [9.17, 15) is 4.79 Å². The highest BCUT2D eigenvalue weighted by molar-refractivity contribution is 6.35. The van der Waals surface area contributed by atoms with E-state index in [1.165, 1.54) is 0 Å². The maximum absolute atomic E-state index is 13.1. The standard InChI is InChI=1S/C33H27NO/c1-34(2)29(35)23-28-30(24-15-7-3-8-16-24)32(26-19-11-5-12-20-26)33(27-21-13-6-14-22-27)31(28)25-17-9-4-10-18-25/h3-23H,1-2H3. The molecule has 0 atom stereocenters. The molecule has 0 heterocycles. The van der Waals surface area contributed by atoms with Gasteiger partial charge in [-0.05, 0) is 50.1 Å². The molecular formula is C33H27NO. The third kappa shape index (κ3) is 4.39. The van der Waals surface area contributed by atoms with E-state index in [-0.39, 0.29) is 5.91 Å². The molecule has 0 aromatic heterocycles. The average Bonchev–Trinajstić information content (AvgIpc) is 3.25. The van der Waals surface area contributed by atoms with Crippen LogP contribution in [0.1, 0.15) is 22.3 Å². The Morgan fingerprint density at radius 1 is 0.486 bits per heavy atom. The molecule has 1 aliphatic carbocycles. The lowest BCUT2D eigenvalue weighted by atomic mass is 9.89. The first-order valence-corrected chi connectivity index (χ1v) is 11.8. The van der Waals surface area contributed by atoms with Gasteiger partial charge in [-0.25, -0.2) is 0 Å². The van der Waals surface area contributed by atoms with Crippen molar-refractivity contribution in [2.45, 2.75) is 0 Å². The van der Waals surface area contributed by atoms with E-state index in [4.69, 9.17) is 0 Å². The number of carbonyl (C=O) groups excluding carboxylic acids is 1. The lowest BCUT2D eigenvalue weighted by molar-refractivity contribution is -0.123. The normalized spacial score (nSPS) is 13.3. The maximum Gasteiger partial charge on any atom is 0.246 e. The summed E-state index contributed by atoms with van der Waals surface area (Å²) in [6.45, 7) is 0. The van der Waals surface area contributed by atoms with Crippen LogP contribution in [0.3, 0.4) is 0 Å². The van der Waals surface area contributed by atoms with E-state index in [1.54, 1.807) is 25.1 Å². The highest BCUT2D eigenvalue weighted by atomic mass is 16.2. The summed E-state index contributed by atoms with van der Waals surface area (Å²) in [5.74, 6) is -0.0383. The van der Waals surface area contributed by atoms with Crippen LogP contribution in [-0.4, -0.2) is 24.9 Å². The van der Waals surface area contributed by atoms with Gasteiger partial charge < -0.3 is 4.90 Å². The van der Waals surface area contributed by atoms with Crippen LogP contribution in [-0.2, 0) is 4.79 Å². The van der Waals surface area contributed by atoms with Gasteiger partial charge in [-0.1, -0.05) is 121 Å². The van der Waals surface area contributed by atoms with Crippen molar-refractivity contribution in [2.24, 2.45) is 0 Å². The van der Waals surface area contributed by atoms with Crippen LogP contribution in [0.2, 0.25) is 0 Å². The monoisotopic (exact) mass is 453 g/mol. The number of amides is 1. The van der Waals surface area contributed by atoms with Crippen LogP contribution in [0, 0.1) is 0 Å². The van der Waals surface area contributed by atoms with E-state index in [2.05, 4.69) is 97.1 Å². The number of nitrogens with zero attached hydrogens (tertiary/aromatic N) is 1. The number of rotatable bonds is 5. The van der Waals surface area contributed by atoms with Gasteiger partial charge in [0.15, 0.2) is 0 Å². The highest BCUT2D eigenvalue weighted by Crippen LogP contribution is 2.54. The van der Waals surface area contributed by atoms with Crippen molar-refractivity contribution in [3.63, 3.8) is 0 Å². The number of carbonyl (C=O) groups is 1. The fourth-order valence-electron chi connectivity index (χ4n) is 4.64. The highest BCUT2D eigenvalue weighted by Gasteiger charge is 2.33. The van der Waals surface area contributed by atoms with Crippen LogP contribution in [0.5, 0.6) is 0 Å². The summed E-state index contributed by atoms with van der Waals surface area (Å²) in [5, 5.41) is 0. The Morgan fingerprint density at radius 3 is 1.06 bits per heavy atom. The summed E-state index contributed by atoms with van der Waals surface area (Å²) in [5.41, 5.74) is 9.79. The van der Waals surface area contributed by atoms with Crippen LogP contribution < -0.4 is 0 Å². The topological polar surface area (TPSA) is 20.3 Å². The summed E-state index contributed by atoms with van der Waals surface area (Å²) in [7, 11) is 3.59. The third-order valence-electron chi connectivity index (χ3n) is 6.25. The van der Waals surface area contributed by atoms with Crippen LogP contribution >= 0.6 is 0 Å². The van der Waals surface area contributed by atoms with Gasteiger partial charge >= 0.3 is 0 Å². The molecule has 2 nitrogen and oxygen atoms in total. The zero-order chi connectivity index (χ0) is 24.2. The minimum Gasteiger partial charge on any atom is -0.345 e. The van der Waals surface area contributed by atoms with E-state index >= 15 is 0 Å². The second kappa shape index (κ2) is 9.82. The molecule has 1 aliphatic rings. The summed E-state index contributed by atoms with van der Waals surface area (Å²) in [6, 6.07) is 41.8. The van der Waals surface area contributed by atoms with Crippen molar-refractivity contribution in [1.29, 1.82) is 0 Å². The molecule has 1 amide bonds. The van der Waals surface area contributed by atoms with Crippen molar-refractivity contribution in [1.82, 2.24) is 4.90 Å². The number of likely N-dealkylation sites (N-methyl/N-ethyl adjacent to an activating group) is 1. The number of hydrogen-bond acceptors (Lipinski definition) is 1. The van der Waals surface area contributed by atoms with Gasteiger partial charge in [0.2, 0.25) is 5.91 Å². The Kier molecular flexibility index (Phi) is 6.28. The lowest BCUT2D eigenvalue weighted by Gasteiger charge is -2.15. The Morgan fingerprint density at radius 2 is 0.771 bits per heavy atom. The predicted molar refractivity (Wildman–Crippen MR) is 146 cm³/mol. The third-order valence-corrected chi connectivity index (χ3v) is 6.25. The first-order valence-electron chi connectivity index (χ1n) is 11.8. The molecule has 4 aromatic carbocycles. The van der Waals surface area contributed by atoms with Crippen molar-refractivity contribution < 1.29 is 4.79 Å². The fraction of sp³-hybridized carbons (Fsp3) is 0.0606. The molecule has 0 fully saturated rings. The van der Waals surface area contributed by atoms with Gasteiger partial charge in [0.05, 0.1) is 0 Å². The van der Waals surface area contributed by atoms with Crippen LogP contribution in [0.4, 0.5) is 0 Å². The van der Waals surface area contributed by atoms with Crippen LogP contribution in [0.15, 0.2) is 133 Å². The first kappa shape index (κ1) is 22.4. The van der Waals surface area contributed by atoms with Crippen molar-refractivity contribution in [3.8, 4) is 0 Å². The fourth-order valence-corrected chi connectivity index (χ4v) is 4.64. The van der Waals surface area contributed by atoms with Crippen molar-refractivity contribution >= 4 is 28.2 Å². The summed E-state index contributed by atoms with van der Waals surface area (Å²) in [4.78, 5) is 14.8.